The highest BCUT2D eigenvalue weighted by molar-refractivity contribution is 7.92. The molecular formula is C41H41ClF2N10O2S3. The van der Waals surface area contributed by atoms with Gasteiger partial charge in [-0.05, 0) is 92.1 Å². The maximum absolute atomic E-state index is 13.3. The van der Waals surface area contributed by atoms with Crippen molar-refractivity contribution in [3.63, 3.8) is 0 Å². The van der Waals surface area contributed by atoms with Crippen molar-refractivity contribution in [2.24, 2.45) is 0 Å². The van der Waals surface area contributed by atoms with E-state index in [1.165, 1.54) is 46.9 Å². The molecule has 2 aromatic carbocycles. The Bertz CT molecular complexity index is 2820. The summed E-state index contributed by atoms with van der Waals surface area (Å²) < 4.78 is 57.5. The van der Waals surface area contributed by atoms with E-state index in [9.17, 15) is 17.2 Å². The third kappa shape index (κ3) is 9.17. The summed E-state index contributed by atoms with van der Waals surface area (Å²) in [5.41, 5.74) is 13.8. The summed E-state index contributed by atoms with van der Waals surface area (Å²) >= 11 is 8.63. The van der Waals surface area contributed by atoms with Crippen molar-refractivity contribution in [3.8, 4) is 22.5 Å². The lowest BCUT2D eigenvalue weighted by atomic mass is 10.2. The van der Waals surface area contributed by atoms with E-state index in [4.69, 9.17) is 37.3 Å². The zero-order valence-electron chi connectivity index (χ0n) is 32.6. The van der Waals surface area contributed by atoms with Gasteiger partial charge in [0.2, 0.25) is 10.0 Å². The van der Waals surface area contributed by atoms with Crippen LogP contribution in [0.4, 0.5) is 42.1 Å². The predicted molar refractivity (Wildman–Crippen MR) is 237 cm³/mol. The van der Waals surface area contributed by atoms with Crippen molar-refractivity contribution in [3.05, 3.63) is 119 Å². The Kier molecular flexibility index (Phi) is 12.5. The predicted octanol–water partition coefficient (Wildman–Crippen LogP) is 9.81. The van der Waals surface area contributed by atoms with Crippen LogP contribution in [0.1, 0.15) is 31.7 Å². The molecule has 0 radical (unpaired) electrons. The van der Waals surface area contributed by atoms with Crippen LogP contribution in [-0.4, -0.2) is 62.9 Å². The smallest absolute Gasteiger partial charge is 0.232 e. The van der Waals surface area contributed by atoms with Crippen molar-refractivity contribution in [1.82, 2.24) is 28.7 Å². The van der Waals surface area contributed by atoms with Gasteiger partial charge in [-0.15, -0.1) is 34.3 Å². The fraction of sp³-hybridized carbons (Fsp3) is 0.220. The molecule has 3 N–H and O–H groups in total. The number of hydrogen-bond donors (Lipinski definition) is 2. The van der Waals surface area contributed by atoms with Gasteiger partial charge in [0.05, 0.1) is 34.2 Å². The Hall–Kier alpha value is -5.62. The van der Waals surface area contributed by atoms with Gasteiger partial charge >= 0.3 is 0 Å². The lowest BCUT2D eigenvalue weighted by molar-refractivity contribution is 0.600. The van der Waals surface area contributed by atoms with Crippen molar-refractivity contribution in [2.75, 3.05) is 46.0 Å². The number of rotatable bonds is 13. The molecule has 6 heterocycles. The molecule has 12 nitrogen and oxygen atoms in total. The number of nitrogen functional groups attached to an aromatic ring is 1. The van der Waals surface area contributed by atoms with Gasteiger partial charge in [0.1, 0.15) is 34.6 Å². The van der Waals surface area contributed by atoms with E-state index in [-0.39, 0.29) is 23.3 Å². The molecule has 0 amide bonds. The summed E-state index contributed by atoms with van der Waals surface area (Å²) in [4.78, 5) is 22.8. The number of sulfonamides is 1. The van der Waals surface area contributed by atoms with Crippen LogP contribution in [0.5, 0.6) is 0 Å². The van der Waals surface area contributed by atoms with Crippen LogP contribution in [0.25, 0.3) is 33.8 Å². The molecule has 59 heavy (non-hydrogen) atoms. The number of benzene rings is 2. The zero-order valence-corrected chi connectivity index (χ0v) is 35.8. The Labute approximate surface area is 353 Å². The van der Waals surface area contributed by atoms with Crippen molar-refractivity contribution in [1.29, 1.82) is 0 Å². The van der Waals surface area contributed by atoms with Gasteiger partial charge in [-0.1, -0.05) is 13.8 Å². The number of nitrogens with two attached hydrogens (primary N) is 1. The first kappa shape index (κ1) is 41.5. The Morgan fingerprint density at radius 1 is 0.712 bits per heavy atom. The highest BCUT2D eigenvalue weighted by Gasteiger charge is 2.21. The molecule has 0 bridgehead atoms. The molecule has 0 spiro atoms. The summed E-state index contributed by atoms with van der Waals surface area (Å²) in [5.74, 6) is 1.45. The molecule has 0 aliphatic carbocycles. The first-order valence-electron chi connectivity index (χ1n) is 18.6. The summed E-state index contributed by atoms with van der Waals surface area (Å²) in [7, 11) is 0.369. The van der Waals surface area contributed by atoms with E-state index in [0.717, 1.165) is 67.9 Å². The number of nitrogens with zero attached hydrogens (tertiary/aromatic N) is 8. The SMILES string of the molecule is CCc1nc2ccc(N)cn2c1N(C)c1nc(-c2ccc(F)cc2)cs1.CCc1nc2ccc(NS(=O)(=O)CCCCl)cn2c1N(C)c1nc(-c2ccc(F)cc2)cs1. The molecule has 0 aliphatic heterocycles. The molecule has 0 aliphatic rings. The third-order valence-corrected chi connectivity index (χ3v) is 12.8. The highest BCUT2D eigenvalue weighted by atomic mass is 35.5. The quantitative estimate of drug-likeness (QED) is 0.108. The number of thiazole rings is 2. The largest absolute Gasteiger partial charge is 0.398 e. The maximum Gasteiger partial charge on any atom is 0.232 e. The van der Waals surface area contributed by atoms with Gasteiger partial charge in [0.15, 0.2) is 10.3 Å². The minimum absolute atomic E-state index is 0.0449. The molecule has 18 heteroatoms. The number of halogens is 3. The second-order valence-corrected chi connectivity index (χ2v) is 17.3. The number of pyridine rings is 2. The van der Waals surface area contributed by atoms with E-state index in [0.29, 0.717) is 29.9 Å². The van der Waals surface area contributed by atoms with Crippen LogP contribution in [0, 0.1) is 11.6 Å². The average Bonchev–Trinajstić information content (AvgIpc) is 4.05. The second kappa shape index (κ2) is 17.7. The van der Waals surface area contributed by atoms with Crippen molar-refractivity contribution >= 4 is 88.9 Å². The Morgan fingerprint density at radius 3 is 1.66 bits per heavy atom. The lowest BCUT2D eigenvalue weighted by Gasteiger charge is -2.17. The topological polar surface area (TPSA) is 139 Å². The standard InChI is InChI=1S/C22H23ClFN5O2S2.C19H18FN5S/c1-3-18-21(28(2)22-26-19(14-32-22)15-5-7-16(24)8-6-15)29-13-17(9-10-20(29)25-18)27-33(30,31)12-4-11-23;1-3-15-18(25-10-14(21)8-9-17(25)22-15)24(2)19-23-16(11-26-19)12-4-6-13(20)7-5-12/h5-10,13-14,27H,3-4,11-12H2,1-2H3;4-11H,3,21H2,1-2H3. The van der Waals surface area contributed by atoms with Crippen molar-refractivity contribution in [2.45, 2.75) is 33.1 Å². The van der Waals surface area contributed by atoms with Gasteiger partial charge in [0.25, 0.3) is 0 Å². The Balaban J connectivity index is 0.000000184. The molecule has 0 unspecified atom stereocenters. The van der Waals surface area contributed by atoms with Crippen molar-refractivity contribution < 1.29 is 17.2 Å². The first-order chi connectivity index (χ1) is 28.4. The third-order valence-electron chi connectivity index (χ3n) is 9.31. The molecule has 0 saturated heterocycles. The minimum atomic E-state index is -3.50. The van der Waals surface area contributed by atoms with Gasteiger partial charge in [-0.2, -0.15) is 0 Å². The fourth-order valence-corrected chi connectivity index (χ4v) is 9.42. The second-order valence-electron chi connectivity index (χ2n) is 13.4. The van der Waals surface area contributed by atoms with Crippen LogP contribution in [-0.2, 0) is 22.9 Å². The fourth-order valence-electron chi connectivity index (χ4n) is 6.42. The molecule has 0 saturated carbocycles. The summed E-state index contributed by atoms with van der Waals surface area (Å²) in [6.45, 7) is 4.09. The van der Waals surface area contributed by atoms with E-state index in [1.807, 2.05) is 68.7 Å². The monoisotopic (exact) mass is 874 g/mol. The molecule has 6 aromatic heterocycles. The number of hydrogen-bond acceptors (Lipinski definition) is 11. The van der Waals surface area contributed by atoms with E-state index in [1.54, 1.807) is 42.6 Å². The molecule has 0 atom stereocenters. The minimum Gasteiger partial charge on any atom is -0.398 e. The Morgan fingerprint density at radius 2 is 1.19 bits per heavy atom. The molecular weight excluding hydrogens is 834 g/mol. The molecule has 8 aromatic rings. The summed E-state index contributed by atoms with van der Waals surface area (Å²) in [5, 5.41) is 5.47. The number of imidazole rings is 2. The molecule has 306 valence electrons. The van der Waals surface area contributed by atoms with Crippen LogP contribution in [0.15, 0.2) is 96.0 Å². The maximum atomic E-state index is 13.3. The van der Waals surface area contributed by atoms with Gasteiger partial charge in [-0.25, -0.2) is 37.1 Å². The van der Waals surface area contributed by atoms with Gasteiger partial charge in [0, 0.05) is 59.9 Å². The number of aromatic nitrogens is 6. The summed E-state index contributed by atoms with van der Waals surface area (Å²) in [6.07, 6.45) is 5.46. The number of aryl methyl sites for hydroxylation is 2. The summed E-state index contributed by atoms with van der Waals surface area (Å²) in [6, 6.07) is 19.8. The van der Waals surface area contributed by atoms with E-state index >= 15 is 0 Å². The molecule has 8 rings (SSSR count). The highest BCUT2D eigenvalue weighted by Crippen LogP contribution is 2.36. The van der Waals surface area contributed by atoms with Gasteiger partial charge < -0.3 is 15.5 Å². The van der Waals surface area contributed by atoms with Crippen LogP contribution in [0.3, 0.4) is 0 Å². The van der Waals surface area contributed by atoms with E-state index < -0.39 is 10.0 Å². The lowest BCUT2D eigenvalue weighted by Crippen LogP contribution is -2.17. The van der Waals surface area contributed by atoms with E-state index in [2.05, 4.69) is 11.6 Å². The number of fused-ring (bicyclic) bond motifs is 2. The number of nitrogens with one attached hydrogen (secondary N) is 1. The number of anilines is 6. The molecule has 0 fully saturated rings. The average molecular weight is 875 g/mol. The van der Waals surface area contributed by atoms with Crippen LogP contribution < -0.4 is 20.3 Å². The normalized spacial score (nSPS) is 11.5. The van der Waals surface area contributed by atoms with Gasteiger partial charge in [-0.3, -0.25) is 13.5 Å². The first-order valence-corrected chi connectivity index (χ1v) is 22.6. The van der Waals surface area contributed by atoms with Crippen LogP contribution in [0.2, 0.25) is 0 Å². The number of alkyl halides is 1. The van der Waals surface area contributed by atoms with Crippen LogP contribution >= 0.6 is 34.3 Å². The zero-order chi connectivity index (χ0) is 41.8.